The number of nitrogens with one attached hydrogen (secondary N) is 1. The topological polar surface area (TPSA) is 93.3 Å². The highest BCUT2D eigenvalue weighted by molar-refractivity contribution is 6.17. The summed E-state index contributed by atoms with van der Waals surface area (Å²) in [6.45, 7) is 3.89. The summed E-state index contributed by atoms with van der Waals surface area (Å²) in [4.78, 5) is 25.7. The summed E-state index contributed by atoms with van der Waals surface area (Å²) < 4.78 is 28.8. The first-order chi connectivity index (χ1) is 15.9. The van der Waals surface area contributed by atoms with Gasteiger partial charge in [0.25, 0.3) is 0 Å². The minimum Gasteiger partial charge on any atom is -0.383 e. The van der Waals surface area contributed by atoms with Gasteiger partial charge in [-0.1, -0.05) is 25.1 Å². The van der Waals surface area contributed by atoms with E-state index in [1.165, 1.54) is 36.7 Å². The van der Waals surface area contributed by atoms with Gasteiger partial charge in [0.15, 0.2) is 5.78 Å². The van der Waals surface area contributed by atoms with E-state index in [1.54, 1.807) is 7.05 Å². The number of benzene rings is 2. The maximum absolute atomic E-state index is 15.3. The number of ketones is 1. The van der Waals surface area contributed by atoms with Crippen molar-refractivity contribution in [3.63, 3.8) is 0 Å². The summed E-state index contributed by atoms with van der Waals surface area (Å²) in [7, 11) is 1.55. The first-order valence-corrected chi connectivity index (χ1v) is 10.8. The minimum atomic E-state index is -0.637. The fraction of sp³-hybridized carbons (Fsp3) is 0.280. The predicted molar refractivity (Wildman–Crippen MR) is 124 cm³/mol. The van der Waals surface area contributed by atoms with Crippen LogP contribution in [-0.2, 0) is 0 Å². The third-order valence-electron chi connectivity index (χ3n) is 6.18. The highest BCUT2D eigenvalue weighted by Crippen LogP contribution is 2.32. The van der Waals surface area contributed by atoms with Crippen LogP contribution in [0, 0.1) is 17.6 Å². The van der Waals surface area contributed by atoms with Crippen molar-refractivity contribution in [3.05, 3.63) is 88.4 Å². The maximum atomic E-state index is 15.3. The molecule has 0 radical (unpaired) electrons. The van der Waals surface area contributed by atoms with Gasteiger partial charge in [-0.3, -0.25) is 9.79 Å². The molecule has 0 aliphatic carbocycles. The lowest BCUT2D eigenvalue weighted by Gasteiger charge is -2.22. The SMILES string of the molecule is CN=C(c1ccc(C(=O)c2cccc(F)c2)cc1F)c1c(N)ncnc1C(C)C1CCNC1. The molecule has 3 N–H and O–H groups in total. The van der Waals surface area contributed by atoms with E-state index in [1.807, 2.05) is 0 Å². The number of hydrogen-bond donors (Lipinski definition) is 2. The highest BCUT2D eigenvalue weighted by Gasteiger charge is 2.29. The molecule has 2 aromatic carbocycles. The van der Waals surface area contributed by atoms with Crippen LogP contribution in [0.4, 0.5) is 14.6 Å². The van der Waals surface area contributed by atoms with Gasteiger partial charge in [-0.25, -0.2) is 18.7 Å². The van der Waals surface area contributed by atoms with Crippen molar-refractivity contribution in [2.75, 3.05) is 25.9 Å². The largest absolute Gasteiger partial charge is 0.383 e. The molecule has 0 amide bonds. The Kier molecular flexibility index (Phi) is 6.55. The van der Waals surface area contributed by atoms with Crippen molar-refractivity contribution in [2.24, 2.45) is 10.9 Å². The number of carbonyl (C=O) groups excluding carboxylic acids is 1. The molecule has 1 aliphatic heterocycles. The van der Waals surface area contributed by atoms with Crippen molar-refractivity contribution < 1.29 is 13.6 Å². The second kappa shape index (κ2) is 9.54. The third kappa shape index (κ3) is 4.52. The van der Waals surface area contributed by atoms with Crippen LogP contribution in [0.15, 0.2) is 53.8 Å². The molecule has 4 rings (SSSR count). The van der Waals surface area contributed by atoms with Gasteiger partial charge in [0.05, 0.1) is 17.0 Å². The summed E-state index contributed by atoms with van der Waals surface area (Å²) in [6, 6.07) is 9.43. The quantitative estimate of drug-likeness (QED) is 0.442. The van der Waals surface area contributed by atoms with Crippen LogP contribution in [0.1, 0.15) is 52.0 Å². The Morgan fingerprint density at radius 1 is 1.18 bits per heavy atom. The number of anilines is 1. The minimum absolute atomic E-state index is 0.0638. The van der Waals surface area contributed by atoms with Gasteiger partial charge in [0, 0.05) is 29.7 Å². The van der Waals surface area contributed by atoms with Crippen molar-refractivity contribution in [1.29, 1.82) is 0 Å². The summed E-state index contributed by atoms with van der Waals surface area (Å²) in [5.74, 6) is -0.987. The zero-order valence-corrected chi connectivity index (χ0v) is 18.5. The normalized spacial score (nSPS) is 17.2. The predicted octanol–water partition coefficient (Wildman–Crippen LogP) is 3.75. The van der Waals surface area contributed by atoms with Crippen molar-refractivity contribution in [2.45, 2.75) is 19.3 Å². The van der Waals surface area contributed by atoms with Crippen LogP contribution in [0.2, 0.25) is 0 Å². The lowest BCUT2D eigenvalue weighted by atomic mass is 9.86. The average molecular weight is 450 g/mol. The Balaban J connectivity index is 1.73. The van der Waals surface area contributed by atoms with Crippen LogP contribution in [0.25, 0.3) is 0 Å². The Bertz CT molecular complexity index is 1220. The summed E-state index contributed by atoms with van der Waals surface area (Å²) in [5, 5.41) is 3.35. The molecule has 1 aliphatic rings. The summed E-state index contributed by atoms with van der Waals surface area (Å²) in [5.41, 5.74) is 8.22. The average Bonchev–Trinajstić information content (AvgIpc) is 3.35. The summed E-state index contributed by atoms with van der Waals surface area (Å²) >= 11 is 0. The molecule has 1 saturated heterocycles. The molecular formula is C25H25F2N5O. The van der Waals surface area contributed by atoms with Crippen LogP contribution in [0.3, 0.4) is 0 Å². The van der Waals surface area contributed by atoms with Crippen molar-refractivity contribution >= 4 is 17.3 Å². The van der Waals surface area contributed by atoms with Gasteiger partial charge in [-0.05, 0) is 49.7 Å². The molecule has 0 saturated carbocycles. The molecular weight excluding hydrogens is 424 g/mol. The van der Waals surface area contributed by atoms with Crippen LogP contribution in [-0.4, -0.2) is 41.6 Å². The lowest BCUT2D eigenvalue weighted by Crippen LogP contribution is -2.21. The molecule has 170 valence electrons. The molecule has 0 bridgehead atoms. The number of nitrogen functional groups attached to an aromatic ring is 1. The molecule has 2 atom stereocenters. The highest BCUT2D eigenvalue weighted by atomic mass is 19.1. The van der Waals surface area contributed by atoms with E-state index in [-0.39, 0.29) is 28.4 Å². The van der Waals surface area contributed by atoms with Crippen LogP contribution >= 0.6 is 0 Å². The van der Waals surface area contributed by atoms with E-state index in [0.29, 0.717) is 17.2 Å². The van der Waals surface area contributed by atoms with E-state index in [4.69, 9.17) is 5.73 Å². The van der Waals surface area contributed by atoms with Gasteiger partial charge in [0.2, 0.25) is 0 Å². The summed E-state index contributed by atoms with van der Waals surface area (Å²) in [6.07, 6.45) is 2.42. The van der Waals surface area contributed by atoms with E-state index in [2.05, 4.69) is 27.2 Å². The molecule has 6 nitrogen and oxygen atoms in total. The fourth-order valence-electron chi connectivity index (χ4n) is 4.34. The van der Waals surface area contributed by atoms with Gasteiger partial charge in [-0.2, -0.15) is 0 Å². The van der Waals surface area contributed by atoms with Crippen molar-refractivity contribution in [3.8, 4) is 0 Å². The van der Waals surface area contributed by atoms with E-state index < -0.39 is 17.4 Å². The molecule has 2 heterocycles. The maximum Gasteiger partial charge on any atom is 0.193 e. The Labute approximate surface area is 191 Å². The zero-order chi connectivity index (χ0) is 23.5. The van der Waals surface area contributed by atoms with E-state index in [9.17, 15) is 9.18 Å². The Morgan fingerprint density at radius 3 is 2.64 bits per heavy atom. The Hall–Kier alpha value is -3.52. The number of nitrogens with zero attached hydrogens (tertiary/aromatic N) is 3. The lowest BCUT2D eigenvalue weighted by molar-refractivity contribution is 0.103. The number of hydrogen-bond acceptors (Lipinski definition) is 6. The number of nitrogens with two attached hydrogens (primary N) is 1. The molecule has 1 aromatic heterocycles. The Morgan fingerprint density at radius 2 is 1.97 bits per heavy atom. The van der Waals surface area contributed by atoms with Crippen molar-refractivity contribution in [1.82, 2.24) is 15.3 Å². The molecule has 33 heavy (non-hydrogen) atoms. The zero-order valence-electron chi connectivity index (χ0n) is 18.5. The number of aliphatic imine (C=N–C) groups is 1. The number of rotatable bonds is 6. The molecule has 3 aromatic rings. The molecule has 2 unspecified atom stereocenters. The van der Waals surface area contributed by atoms with E-state index >= 15 is 4.39 Å². The second-order valence-corrected chi connectivity index (χ2v) is 8.17. The molecule has 1 fully saturated rings. The number of carbonyl (C=O) groups is 1. The third-order valence-corrected chi connectivity index (χ3v) is 6.18. The first-order valence-electron chi connectivity index (χ1n) is 10.8. The standard InChI is InChI=1S/C25H25F2N5O/c1-14(17-8-9-30-12-17)22-21(25(28)32-13-31-22)23(29-2)19-7-6-16(11-20(19)27)24(33)15-4-3-5-18(26)10-15/h3-7,10-11,13-14,17,30H,8-9,12H2,1-2H3,(H2,28,31,32). The number of aromatic nitrogens is 2. The fourth-order valence-corrected chi connectivity index (χ4v) is 4.34. The first kappa shape index (κ1) is 22.7. The number of halogens is 2. The van der Waals surface area contributed by atoms with Gasteiger partial charge in [0.1, 0.15) is 23.8 Å². The van der Waals surface area contributed by atoms with E-state index in [0.717, 1.165) is 37.3 Å². The van der Waals surface area contributed by atoms with Gasteiger partial charge >= 0.3 is 0 Å². The second-order valence-electron chi connectivity index (χ2n) is 8.17. The molecule has 0 spiro atoms. The van der Waals surface area contributed by atoms with Crippen LogP contribution in [0.5, 0.6) is 0 Å². The molecule has 8 heteroatoms. The van der Waals surface area contributed by atoms with Gasteiger partial charge in [-0.15, -0.1) is 0 Å². The van der Waals surface area contributed by atoms with Gasteiger partial charge < -0.3 is 11.1 Å². The monoisotopic (exact) mass is 449 g/mol. The smallest absolute Gasteiger partial charge is 0.193 e. The van der Waals surface area contributed by atoms with Crippen LogP contribution < -0.4 is 11.1 Å².